The Hall–Kier alpha value is -0.540. The number of hydrogen-bond acceptors (Lipinski definition) is 2. The van der Waals surface area contributed by atoms with Crippen molar-refractivity contribution < 1.29 is 0 Å². The minimum absolute atomic E-state index is 0.248. The molecule has 0 fully saturated rings. The summed E-state index contributed by atoms with van der Waals surface area (Å²) < 4.78 is 1.83. The predicted molar refractivity (Wildman–Crippen MR) is 50.2 cm³/mol. The highest BCUT2D eigenvalue weighted by Gasteiger charge is 2.13. The van der Waals surface area contributed by atoms with Crippen LogP contribution in [0.5, 0.6) is 0 Å². The number of nitrogens with zero attached hydrogens (tertiary/aromatic N) is 2. The summed E-state index contributed by atoms with van der Waals surface area (Å²) in [7, 11) is 0. The van der Waals surface area contributed by atoms with Gasteiger partial charge in [-0.05, 0) is 5.92 Å². The molecular formula is C8H14ClN3. The molecule has 0 aromatic carbocycles. The molecule has 1 aromatic heterocycles. The quantitative estimate of drug-likeness (QED) is 0.783. The standard InChI is InChI=1S/C8H14ClN3/c1-6(2)8(3-10)12-5-7(9)4-11-12/h4-6,8H,3,10H2,1-2H3. The molecule has 4 heteroatoms. The summed E-state index contributed by atoms with van der Waals surface area (Å²) in [5.74, 6) is 0.478. The topological polar surface area (TPSA) is 43.8 Å². The van der Waals surface area contributed by atoms with Crippen molar-refractivity contribution >= 4 is 11.6 Å². The van der Waals surface area contributed by atoms with E-state index in [1.807, 2.05) is 4.68 Å². The van der Waals surface area contributed by atoms with Gasteiger partial charge in [0, 0.05) is 12.7 Å². The zero-order valence-corrected chi connectivity index (χ0v) is 8.12. The van der Waals surface area contributed by atoms with E-state index < -0.39 is 0 Å². The minimum atomic E-state index is 0.248. The van der Waals surface area contributed by atoms with E-state index in [-0.39, 0.29) is 6.04 Å². The summed E-state index contributed by atoms with van der Waals surface area (Å²) in [4.78, 5) is 0. The molecule has 1 aromatic rings. The van der Waals surface area contributed by atoms with E-state index in [0.29, 0.717) is 17.5 Å². The number of hydrogen-bond donors (Lipinski definition) is 1. The van der Waals surface area contributed by atoms with Gasteiger partial charge in [-0.25, -0.2) is 0 Å². The van der Waals surface area contributed by atoms with Gasteiger partial charge in [0.05, 0.1) is 17.3 Å². The van der Waals surface area contributed by atoms with Gasteiger partial charge >= 0.3 is 0 Å². The second kappa shape index (κ2) is 3.92. The first-order valence-corrected chi connectivity index (χ1v) is 4.42. The predicted octanol–water partition coefficient (Wildman–Crippen LogP) is 1.69. The second-order valence-corrected chi connectivity index (χ2v) is 3.62. The first kappa shape index (κ1) is 9.55. The number of aromatic nitrogens is 2. The van der Waals surface area contributed by atoms with Crippen LogP contribution in [0.4, 0.5) is 0 Å². The Labute approximate surface area is 77.5 Å². The zero-order chi connectivity index (χ0) is 9.14. The molecule has 2 N–H and O–H groups in total. The first-order valence-electron chi connectivity index (χ1n) is 4.05. The molecule has 3 nitrogen and oxygen atoms in total. The van der Waals surface area contributed by atoms with Gasteiger partial charge in [-0.15, -0.1) is 0 Å². The molecule has 0 spiro atoms. The summed E-state index contributed by atoms with van der Waals surface area (Å²) in [5, 5.41) is 4.77. The first-order chi connectivity index (χ1) is 5.65. The molecule has 68 valence electrons. The van der Waals surface area contributed by atoms with Gasteiger partial charge in [-0.3, -0.25) is 4.68 Å². The smallest absolute Gasteiger partial charge is 0.0785 e. The third-order valence-corrected chi connectivity index (χ3v) is 2.12. The largest absolute Gasteiger partial charge is 0.328 e. The molecule has 1 heterocycles. The highest BCUT2D eigenvalue weighted by atomic mass is 35.5. The Morgan fingerprint density at radius 1 is 1.67 bits per heavy atom. The summed E-state index contributed by atoms with van der Waals surface area (Å²) in [5.41, 5.74) is 5.61. The lowest BCUT2D eigenvalue weighted by Gasteiger charge is -2.18. The van der Waals surface area contributed by atoms with Gasteiger partial charge in [0.15, 0.2) is 0 Å². The molecule has 1 rings (SSSR count). The molecular weight excluding hydrogens is 174 g/mol. The van der Waals surface area contributed by atoms with Gasteiger partial charge in [-0.2, -0.15) is 5.10 Å². The average molecular weight is 188 g/mol. The fraction of sp³-hybridized carbons (Fsp3) is 0.625. The number of halogens is 1. The lowest BCUT2D eigenvalue weighted by atomic mass is 10.1. The molecule has 0 bridgehead atoms. The van der Waals surface area contributed by atoms with Crippen molar-refractivity contribution in [2.45, 2.75) is 19.9 Å². The molecule has 0 saturated heterocycles. The Morgan fingerprint density at radius 2 is 2.33 bits per heavy atom. The van der Waals surface area contributed by atoms with Gasteiger partial charge in [0.25, 0.3) is 0 Å². The van der Waals surface area contributed by atoms with Crippen molar-refractivity contribution in [3.63, 3.8) is 0 Å². The van der Waals surface area contributed by atoms with E-state index in [2.05, 4.69) is 18.9 Å². The molecule has 0 saturated carbocycles. The molecule has 1 unspecified atom stereocenters. The van der Waals surface area contributed by atoms with Crippen LogP contribution in [0.25, 0.3) is 0 Å². The fourth-order valence-corrected chi connectivity index (χ4v) is 1.33. The van der Waals surface area contributed by atoms with Gasteiger partial charge < -0.3 is 5.73 Å². The lowest BCUT2D eigenvalue weighted by molar-refractivity contribution is 0.355. The van der Waals surface area contributed by atoms with Crippen molar-refractivity contribution in [2.75, 3.05) is 6.54 Å². The summed E-state index contributed by atoms with van der Waals surface area (Å²) in [6.45, 7) is 4.83. The summed E-state index contributed by atoms with van der Waals surface area (Å²) in [6.07, 6.45) is 3.44. The molecule has 0 radical (unpaired) electrons. The van der Waals surface area contributed by atoms with Crippen LogP contribution in [-0.4, -0.2) is 16.3 Å². The minimum Gasteiger partial charge on any atom is -0.328 e. The van der Waals surface area contributed by atoms with Crippen LogP contribution in [0.1, 0.15) is 19.9 Å². The monoisotopic (exact) mass is 187 g/mol. The fourth-order valence-electron chi connectivity index (χ4n) is 1.18. The zero-order valence-electron chi connectivity index (χ0n) is 7.37. The number of nitrogens with two attached hydrogens (primary N) is 1. The molecule has 12 heavy (non-hydrogen) atoms. The van der Waals surface area contributed by atoms with Crippen molar-refractivity contribution in [3.8, 4) is 0 Å². The maximum atomic E-state index is 5.74. The Kier molecular flexibility index (Phi) is 3.12. The van der Waals surface area contributed by atoms with Crippen LogP contribution in [0.2, 0.25) is 5.02 Å². The SMILES string of the molecule is CC(C)C(CN)n1cc(Cl)cn1. The van der Waals surface area contributed by atoms with Crippen molar-refractivity contribution in [3.05, 3.63) is 17.4 Å². The van der Waals surface area contributed by atoms with Crippen LogP contribution >= 0.6 is 11.6 Å². The van der Waals surface area contributed by atoms with Gasteiger partial charge in [-0.1, -0.05) is 25.4 Å². The van der Waals surface area contributed by atoms with Crippen molar-refractivity contribution in [2.24, 2.45) is 11.7 Å². The number of rotatable bonds is 3. The highest BCUT2D eigenvalue weighted by Crippen LogP contribution is 2.17. The van der Waals surface area contributed by atoms with Crippen LogP contribution in [0, 0.1) is 5.92 Å². The molecule has 0 aliphatic carbocycles. The highest BCUT2D eigenvalue weighted by molar-refractivity contribution is 6.30. The third-order valence-electron chi connectivity index (χ3n) is 1.92. The second-order valence-electron chi connectivity index (χ2n) is 3.19. The molecule has 0 amide bonds. The maximum absolute atomic E-state index is 5.74. The lowest BCUT2D eigenvalue weighted by Crippen LogP contribution is -2.24. The molecule has 0 aliphatic heterocycles. The van der Waals surface area contributed by atoms with Crippen LogP contribution in [0.15, 0.2) is 12.4 Å². The Morgan fingerprint density at radius 3 is 2.67 bits per heavy atom. The van der Waals surface area contributed by atoms with Gasteiger partial charge in [0.2, 0.25) is 0 Å². The Balaban J connectivity index is 2.80. The normalized spacial score (nSPS) is 13.8. The van der Waals surface area contributed by atoms with Crippen molar-refractivity contribution in [1.29, 1.82) is 0 Å². The van der Waals surface area contributed by atoms with E-state index in [0.717, 1.165) is 0 Å². The summed E-state index contributed by atoms with van der Waals surface area (Å²) in [6, 6.07) is 0.248. The van der Waals surface area contributed by atoms with E-state index >= 15 is 0 Å². The van der Waals surface area contributed by atoms with Crippen LogP contribution in [-0.2, 0) is 0 Å². The third kappa shape index (κ3) is 1.99. The van der Waals surface area contributed by atoms with Crippen molar-refractivity contribution in [1.82, 2.24) is 9.78 Å². The van der Waals surface area contributed by atoms with Gasteiger partial charge in [0.1, 0.15) is 0 Å². The van der Waals surface area contributed by atoms with E-state index in [1.165, 1.54) is 0 Å². The van der Waals surface area contributed by atoms with E-state index in [1.54, 1.807) is 12.4 Å². The summed E-state index contributed by atoms with van der Waals surface area (Å²) >= 11 is 5.74. The molecule has 1 atom stereocenters. The molecule has 0 aliphatic rings. The van der Waals surface area contributed by atoms with Crippen LogP contribution < -0.4 is 5.73 Å². The van der Waals surface area contributed by atoms with Crippen LogP contribution in [0.3, 0.4) is 0 Å². The Bertz CT molecular complexity index is 244. The van der Waals surface area contributed by atoms with E-state index in [4.69, 9.17) is 17.3 Å². The van der Waals surface area contributed by atoms with E-state index in [9.17, 15) is 0 Å². The average Bonchev–Trinajstić information content (AvgIpc) is 2.37. The maximum Gasteiger partial charge on any atom is 0.0785 e.